The summed E-state index contributed by atoms with van der Waals surface area (Å²) in [6.07, 6.45) is 2.51. The Morgan fingerprint density at radius 2 is 1.10 bits per heavy atom. The van der Waals surface area contributed by atoms with Gasteiger partial charge < -0.3 is 68.9 Å². The van der Waals surface area contributed by atoms with Crippen molar-refractivity contribution >= 4 is 53.3 Å². The largest absolute Gasteiger partial charge is 0.481 e. The minimum atomic E-state index is -1.62. The van der Waals surface area contributed by atoms with Gasteiger partial charge in [0, 0.05) is 19.5 Å². The van der Waals surface area contributed by atoms with Crippen LogP contribution in [0.4, 0.5) is 0 Å². The van der Waals surface area contributed by atoms with Crippen molar-refractivity contribution in [2.75, 3.05) is 32.8 Å². The van der Waals surface area contributed by atoms with Gasteiger partial charge >= 0.3 is 11.9 Å². The number of carboxylic acid groups (broad SMARTS) is 2. The summed E-state index contributed by atoms with van der Waals surface area (Å²) in [5.41, 5.74) is 17.2. The van der Waals surface area contributed by atoms with Gasteiger partial charge in [-0.05, 0) is 96.6 Å². The Balaban J connectivity index is 2.23. The van der Waals surface area contributed by atoms with Crippen LogP contribution < -0.4 is 43.8 Å². The molecule has 2 saturated heterocycles. The first-order valence-electron chi connectivity index (χ1n) is 20.7. The number of amides is 7. The number of hydrogen-bond acceptors (Lipinski definition) is 13. The predicted octanol–water partition coefficient (Wildman–Crippen LogP) is -3.40. The lowest BCUT2D eigenvalue weighted by Gasteiger charge is -2.31. The number of carboxylic acids is 2. The fraction of sp³-hybridized carbons (Fsp3) is 0.763. The van der Waals surface area contributed by atoms with Crippen LogP contribution in [0.5, 0.6) is 0 Å². The first-order valence-corrected chi connectivity index (χ1v) is 20.7. The van der Waals surface area contributed by atoms with Gasteiger partial charge in [-0.2, -0.15) is 0 Å². The molecule has 0 aliphatic carbocycles. The molecule has 0 bridgehead atoms. The van der Waals surface area contributed by atoms with E-state index in [0.29, 0.717) is 51.6 Å². The molecule has 8 unspecified atom stereocenters. The Kier molecular flexibility index (Phi) is 21.9. The van der Waals surface area contributed by atoms with Crippen molar-refractivity contribution in [3.63, 3.8) is 0 Å². The third-order valence-corrected chi connectivity index (χ3v) is 10.7. The minimum absolute atomic E-state index is 0.0422. The molecule has 2 aliphatic heterocycles. The molecule has 340 valence electrons. The van der Waals surface area contributed by atoms with E-state index in [0.717, 1.165) is 4.90 Å². The Labute approximate surface area is 349 Å². The zero-order chi connectivity index (χ0) is 45.1. The lowest BCUT2D eigenvalue weighted by Crippen LogP contribution is -2.60. The molecular weight excluding hydrogens is 788 g/mol. The molecule has 2 aliphatic rings. The van der Waals surface area contributed by atoms with Crippen molar-refractivity contribution in [1.82, 2.24) is 36.4 Å². The number of aliphatic carboxylic acids is 2. The summed E-state index contributed by atoms with van der Waals surface area (Å²) in [4.78, 5) is 120. The summed E-state index contributed by atoms with van der Waals surface area (Å²) >= 11 is 0. The van der Waals surface area contributed by atoms with Crippen LogP contribution in [0, 0.1) is 5.92 Å². The van der Waals surface area contributed by atoms with Crippen LogP contribution in [0.2, 0.25) is 0 Å². The van der Waals surface area contributed by atoms with Gasteiger partial charge in [-0.15, -0.1) is 0 Å². The average molecular weight is 855 g/mol. The second-order valence-electron chi connectivity index (χ2n) is 15.6. The van der Waals surface area contributed by atoms with Crippen molar-refractivity contribution in [1.29, 1.82) is 0 Å². The summed E-state index contributed by atoms with van der Waals surface area (Å²) in [7, 11) is 0. The van der Waals surface area contributed by atoms with E-state index >= 15 is 0 Å². The summed E-state index contributed by atoms with van der Waals surface area (Å²) in [5.74, 6) is -7.97. The first kappa shape index (κ1) is 51.2. The number of rotatable bonds is 26. The lowest BCUT2D eigenvalue weighted by molar-refractivity contribution is -0.149. The molecule has 2 fully saturated rings. The smallest absolute Gasteiger partial charge is 0.326 e. The molecular formula is C38H66N10O12. The third kappa shape index (κ3) is 15.6. The second-order valence-corrected chi connectivity index (χ2v) is 15.6. The molecule has 2 heterocycles. The number of nitrogens with two attached hydrogens (primary N) is 3. The number of nitrogens with zero attached hydrogens (tertiary/aromatic N) is 2. The van der Waals surface area contributed by atoms with Crippen LogP contribution >= 0.6 is 0 Å². The highest BCUT2D eigenvalue weighted by Gasteiger charge is 2.41. The maximum atomic E-state index is 13.8. The van der Waals surface area contributed by atoms with Crippen molar-refractivity contribution in [2.45, 2.75) is 146 Å². The van der Waals surface area contributed by atoms with E-state index in [9.17, 15) is 58.5 Å². The number of aliphatic hydroxyl groups is 1. The van der Waals surface area contributed by atoms with Crippen molar-refractivity contribution < 1.29 is 58.5 Å². The summed E-state index contributed by atoms with van der Waals surface area (Å²) in [6.45, 7) is 4.71. The quantitative estimate of drug-likeness (QED) is 0.0378. The number of aliphatic hydroxyl groups excluding tert-OH is 1. The first-order chi connectivity index (χ1) is 28.4. The third-order valence-electron chi connectivity index (χ3n) is 10.7. The number of nitrogens with one attached hydrogen (secondary N) is 5. The molecule has 0 aromatic rings. The number of carbonyl (C=O) groups excluding carboxylic acids is 7. The van der Waals surface area contributed by atoms with E-state index in [1.165, 1.54) is 11.8 Å². The fourth-order valence-corrected chi connectivity index (χ4v) is 7.01. The van der Waals surface area contributed by atoms with Gasteiger partial charge in [-0.3, -0.25) is 38.4 Å². The maximum Gasteiger partial charge on any atom is 0.326 e. The van der Waals surface area contributed by atoms with Gasteiger partial charge in [0.25, 0.3) is 0 Å². The van der Waals surface area contributed by atoms with E-state index in [4.69, 9.17) is 17.2 Å². The van der Waals surface area contributed by atoms with E-state index in [1.54, 1.807) is 13.8 Å². The van der Waals surface area contributed by atoms with Crippen LogP contribution in [-0.4, -0.2) is 160 Å². The van der Waals surface area contributed by atoms with Gasteiger partial charge in [0.15, 0.2) is 0 Å². The van der Waals surface area contributed by atoms with Crippen LogP contribution in [0.15, 0.2) is 0 Å². The van der Waals surface area contributed by atoms with Crippen LogP contribution in [0.25, 0.3) is 0 Å². The normalized spacial score (nSPS) is 19.3. The lowest BCUT2D eigenvalue weighted by atomic mass is 10.0. The van der Waals surface area contributed by atoms with Gasteiger partial charge in [-0.1, -0.05) is 13.8 Å². The molecule has 22 nitrogen and oxygen atoms in total. The molecule has 0 radical (unpaired) electrons. The molecule has 60 heavy (non-hydrogen) atoms. The SMILES string of the molecule is CC(NC(=O)C(N)C(C)C)C(=O)NC(CCC(=O)O)C(=O)NC(CO)C(=O)N1CCCC1C(=O)NC(CCCCN)C(=O)NC(CCCCN)C(=O)N1CCCC1C(=O)O. The highest BCUT2D eigenvalue weighted by molar-refractivity contribution is 5.98. The van der Waals surface area contributed by atoms with Crippen molar-refractivity contribution in [2.24, 2.45) is 23.1 Å². The van der Waals surface area contributed by atoms with E-state index < -0.39 is 121 Å². The molecule has 0 aromatic heterocycles. The highest BCUT2D eigenvalue weighted by atomic mass is 16.4. The minimum Gasteiger partial charge on any atom is -0.481 e. The number of unbranched alkanes of at least 4 members (excludes halogenated alkanes) is 2. The predicted molar refractivity (Wildman–Crippen MR) is 215 cm³/mol. The standard InChI is InChI=1S/C38H66N10O12/c1-21(2)30(41)35(56)42-22(3)31(52)43-24(14-15-29(50)51)33(54)46-26(20-49)37(58)47-18-8-12-27(47)34(55)44-23(10-4-6-16-39)32(53)45-25(11-5-7-17-40)36(57)48-19-9-13-28(48)38(59)60/h21-28,30,49H,4-20,39-41H2,1-3H3,(H,42,56)(H,43,52)(H,44,55)(H,45,53)(H,46,54)(H,50,51)(H,59,60). The highest BCUT2D eigenvalue weighted by Crippen LogP contribution is 2.22. The molecule has 7 amide bonds. The maximum absolute atomic E-state index is 13.8. The average Bonchev–Trinajstić information content (AvgIpc) is 3.91. The molecule has 22 heteroatoms. The Morgan fingerprint density at radius 1 is 0.617 bits per heavy atom. The van der Waals surface area contributed by atoms with Gasteiger partial charge in [-0.25, -0.2) is 4.79 Å². The monoisotopic (exact) mass is 854 g/mol. The number of hydrogen-bond donors (Lipinski definition) is 11. The summed E-state index contributed by atoms with van der Waals surface area (Å²) < 4.78 is 0. The van der Waals surface area contributed by atoms with Crippen LogP contribution in [0.1, 0.15) is 97.8 Å². The van der Waals surface area contributed by atoms with Crippen LogP contribution in [0.3, 0.4) is 0 Å². The molecule has 8 atom stereocenters. The zero-order valence-corrected chi connectivity index (χ0v) is 34.9. The van der Waals surface area contributed by atoms with Gasteiger partial charge in [0.2, 0.25) is 41.4 Å². The van der Waals surface area contributed by atoms with Crippen molar-refractivity contribution in [3.05, 3.63) is 0 Å². The fourth-order valence-electron chi connectivity index (χ4n) is 7.01. The molecule has 2 rings (SSSR count). The van der Waals surface area contributed by atoms with E-state index in [-0.39, 0.29) is 44.7 Å². The Hall–Kier alpha value is -4.93. The zero-order valence-electron chi connectivity index (χ0n) is 34.9. The topological polar surface area (TPSA) is 359 Å². The summed E-state index contributed by atoms with van der Waals surface area (Å²) in [6, 6.07) is -9.68. The summed E-state index contributed by atoms with van der Waals surface area (Å²) in [5, 5.41) is 41.7. The molecule has 0 spiro atoms. The second kappa shape index (κ2) is 25.6. The Bertz CT molecular complexity index is 1520. The van der Waals surface area contributed by atoms with E-state index in [2.05, 4.69) is 26.6 Å². The molecule has 0 saturated carbocycles. The molecule has 14 N–H and O–H groups in total. The number of likely N-dealkylation sites (tertiary alicyclic amines) is 2. The Morgan fingerprint density at radius 3 is 1.62 bits per heavy atom. The van der Waals surface area contributed by atoms with E-state index in [1.807, 2.05) is 0 Å². The molecule has 0 aromatic carbocycles. The number of carbonyl (C=O) groups is 9. The van der Waals surface area contributed by atoms with Gasteiger partial charge in [0.05, 0.1) is 12.6 Å². The van der Waals surface area contributed by atoms with Gasteiger partial charge in [0.1, 0.15) is 42.3 Å². The van der Waals surface area contributed by atoms with Crippen molar-refractivity contribution in [3.8, 4) is 0 Å². The van der Waals surface area contributed by atoms with Crippen LogP contribution in [-0.2, 0) is 43.2 Å².